The Labute approximate surface area is 150 Å². The van der Waals surface area contributed by atoms with Gasteiger partial charge in [-0.2, -0.15) is 0 Å². The molecule has 0 aliphatic rings. The summed E-state index contributed by atoms with van der Waals surface area (Å²) < 4.78 is 1.93. The number of aryl methyl sites for hydroxylation is 2. The fourth-order valence-corrected chi connectivity index (χ4v) is 2.76. The van der Waals surface area contributed by atoms with Gasteiger partial charge in [-0.15, -0.1) is 0 Å². The molecule has 0 saturated heterocycles. The van der Waals surface area contributed by atoms with E-state index in [1.807, 2.05) is 11.5 Å². The minimum atomic E-state index is -0.745. The SMILES string of the molecule is CCC(=O)O.CCCCCCc1cc2cc(C)ccc2n1C(=O)CC. The number of aliphatic carboxylic acids is 1. The Morgan fingerprint density at radius 1 is 1.00 bits per heavy atom. The van der Waals surface area contributed by atoms with Crippen LogP contribution in [0.5, 0.6) is 0 Å². The maximum atomic E-state index is 12.2. The lowest BCUT2D eigenvalue weighted by atomic mass is 10.1. The molecule has 0 amide bonds. The van der Waals surface area contributed by atoms with Crippen molar-refractivity contribution >= 4 is 22.8 Å². The third-order valence-electron chi connectivity index (χ3n) is 4.17. The number of rotatable bonds is 7. The van der Waals surface area contributed by atoms with Gasteiger partial charge in [0.25, 0.3) is 0 Å². The van der Waals surface area contributed by atoms with Crippen molar-refractivity contribution in [2.75, 3.05) is 0 Å². The van der Waals surface area contributed by atoms with Crippen LogP contribution < -0.4 is 0 Å². The van der Waals surface area contributed by atoms with Crippen LogP contribution in [0.15, 0.2) is 24.3 Å². The zero-order valence-electron chi connectivity index (χ0n) is 16.0. The van der Waals surface area contributed by atoms with Crippen LogP contribution in [0, 0.1) is 6.92 Å². The number of unbranched alkanes of at least 4 members (excludes halogenated alkanes) is 3. The Balaban J connectivity index is 0.000000550. The summed E-state index contributed by atoms with van der Waals surface area (Å²) in [5.41, 5.74) is 3.48. The highest BCUT2D eigenvalue weighted by Crippen LogP contribution is 2.23. The third-order valence-corrected chi connectivity index (χ3v) is 4.17. The predicted octanol–water partition coefficient (Wildman–Crippen LogP) is 5.60. The van der Waals surface area contributed by atoms with E-state index in [0.717, 1.165) is 11.9 Å². The Hall–Kier alpha value is -2.10. The normalized spacial score (nSPS) is 10.4. The van der Waals surface area contributed by atoms with Crippen molar-refractivity contribution < 1.29 is 14.7 Å². The number of benzene rings is 1. The van der Waals surface area contributed by atoms with Gasteiger partial charge in [0, 0.05) is 23.9 Å². The van der Waals surface area contributed by atoms with Crippen LogP contribution in [0.25, 0.3) is 10.9 Å². The van der Waals surface area contributed by atoms with Crippen LogP contribution in [-0.4, -0.2) is 21.6 Å². The maximum absolute atomic E-state index is 12.2. The van der Waals surface area contributed by atoms with Crippen LogP contribution in [0.3, 0.4) is 0 Å². The number of hydrogen-bond donors (Lipinski definition) is 1. The molecule has 2 aromatic rings. The van der Waals surface area contributed by atoms with Crippen LogP contribution in [0.4, 0.5) is 0 Å². The number of carboxylic acids is 1. The minimum absolute atomic E-state index is 0.203. The van der Waals surface area contributed by atoms with Crippen LogP contribution in [0.2, 0.25) is 0 Å². The molecular formula is C21H31NO3. The van der Waals surface area contributed by atoms with E-state index in [2.05, 4.69) is 38.1 Å². The molecule has 1 aromatic heterocycles. The van der Waals surface area contributed by atoms with Gasteiger partial charge in [-0.25, -0.2) is 0 Å². The van der Waals surface area contributed by atoms with E-state index in [9.17, 15) is 9.59 Å². The van der Waals surface area contributed by atoms with Crippen LogP contribution in [0.1, 0.15) is 75.3 Å². The van der Waals surface area contributed by atoms with Gasteiger partial charge < -0.3 is 5.11 Å². The van der Waals surface area contributed by atoms with E-state index in [0.29, 0.717) is 6.42 Å². The third kappa shape index (κ3) is 6.37. The van der Waals surface area contributed by atoms with Crippen molar-refractivity contribution in [1.29, 1.82) is 0 Å². The molecule has 0 saturated carbocycles. The number of carbonyl (C=O) groups excluding carboxylic acids is 1. The molecule has 0 bridgehead atoms. The number of fused-ring (bicyclic) bond motifs is 1. The van der Waals surface area contributed by atoms with Gasteiger partial charge >= 0.3 is 5.97 Å². The summed E-state index contributed by atoms with van der Waals surface area (Å²) in [6.07, 6.45) is 6.72. The highest BCUT2D eigenvalue weighted by molar-refractivity contribution is 5.94. The second kappa shape index (κ2) is 10.7. The molecule has 2 rings (SSSR count). The fraction of sp³-hybridized carbons (Fsp3) is 0.524. The Kier molecular flexibility index (Phi) is 8.96. The van der Waals surface area contributed by atoms with Gasteiger partial charge in [0.05, 0.1) is 5.52 Å². The van der Waals surface area contributed by atoms with Crippen molar-refractivity contribution in [3.05, 3.63) is 35.5 Å². The maximum Gasteiger partial charge on any atom is 0.303 e. The number of hydrogen-bond acceptors (Lipinski definition) is 2. The lowest BCUT2D eigenvalue weighted by molar-refractivity contribution is -0.136. The first-order valence-electron chi connectivity index (χ1n) is 9.30. The molecule has 0 atom stereocenters. The van der Waals surface area contributed by atoms with E-state index >= 15 is 0 Å². The summed E-state index contributed by atoms with van der Waals surface area (Å²) in [7, 11) is 0. The smallest absolute Gasteiger partial charge is 0.303 e. The Bertz CT molecular complexity index is 700. The quantitative estimate of drug-likeness (QED) is 0.664. The van der Waals surface area contributed by atoms with Gasteiger partial charge in [-0.05, 0) is 38.0 Å². The van der Waals surface area contributed by atoms with Gasteiger partial charge in [-0.1, -0.05) is 51.7 Å². The molecule has 0 spiro atoms. The monoisotopic (exact) mass is 345 g/mol. The van der Waals surface area contributed by atoms with E-state index in [1.54, 1.807) is 6.92 Å². The van der Waals surface area contributed by atoms with Crippen molar-refractivity contribution in [2.45, 2.75) is 72.6 Å². The second-order valence-corrected chi connectivity index (χ2v) is 6.34. The molecule has 4 heteroatoms. The van der Waals surface area contributed by atoms with Gasteiger partial charge in [-0.3, -0.25) is 14.2 Å². The molecule has 1 N–H and O–H groups in total. The van der Waals surface area contributed by atoms with Crippen molar-refractivity contribution in [1.82, 2.24) is 4.57 Å². The lowest BCUT2D eigenvalue weighted by Crippen LogP contribution is -2.12. The Morgan fingerprint density at radius 2 is 1.68 bits per heavy atom. The molecule has 4 nitrogen and oxygen atoms in total. The second-order valence-electron chi connectivity index (χ2n) is 6.34. The van der Waals surface area contributed by atoms with E-state index < -0.39 is 5.97 Å². The fourth-order valence-electron chi connectivity index (χ4n) is 2.76. The van der Waals surface area contributed by atoms with Gasteiger partial charge in [0.1, 0.15) is 0 Å². The topological polar surface area (TPSA) is 59.3 Å². The molecule has 1 aromatic carbocycles. The first-order chi connectivity index (χ1) is 11.9. The van der Waals surface area contributed by atoms with Crippen LogP contribution >= 0.6 is 0 Å². The summed E-state index contributed by atoms with van der Waals surface area (Å²) in [6.45, 7) is 7.85. The standard InChI is InChI=1S/C18H25NO.C3H6O2/c1-4-6-7-8-9-16-13-15-12-14(3)10-11-17(15)19(16)18(20)5-2;1-2-3(4)5/h10-13H,4-9H2,1-3H3;2H2,1H3,(H,4,5). The average molecular weight is 345 g/mol. The summed E-state index contributed by atoms with van der Waals surface area (Å²) in [6, 6.07) is 8.53. The average Bonchev–Trinajstić information content (AvgIpc) is 2.95. The zero-order chi connectivity index (χ0) is 18.8. The van der Waals surface area contributed by atoms with Crippen molar-refractivity contribution in [2.24, 2.45) is 0 Å². The first-order valence-corrected chi connectivity index (χ1v) is 9.30. The molecular weight excluding hydrogens is 314 g/mol. The molecule has 25 heavy (non-hydrogen) atoms. The van der Waals surface area contributed by atoms with E-state index in [4.69, 9.17) is 5.11 Å². The highest BCUT2D eigenvalue weighted by atomic mass is 16.4. The van der Waals surface area contributed by atoms with Crippen LogP contribution in [-0.2, 0) is 11.2 Å². The molecule has 0 aliphatic carbocycles. The molecule has 138 valence electrons. The molecule has 0 radical (unpaired) electrons. The summed E-state index contributed by atoms with van der Waals surface area (Å²) in [5.74, 6) is -0.542. The first kappa shape index (κ1) is 20.9. The van der Waals surface area contributed by atoms with E-state index in [1.165, 1.54) is 42.3 Å². The molecule has 0 unspecified atom stereocenters. The molecule has 0 fully saturated rings. The van der Waals surface area contributed by atoms with Gasteiger partial charge in [0.2, 0.25) is 5.91 Å². The van der Waals surface area contributed by atoms with Gasteiger partial charge in [0.15, 0.2) is 0 Å². The summed E-state index contributed by atoms with van der Waals surface area (Å²) in [5, 5.41) is 8.91. The zero-order valence-corrected chi connectivity index (χ0v) is 16.0. The van der Waals surface area contributed by atoms with E-state index in [-0.39, 0.29) is 12.3 Å². The van der Waals surface area contributed by atoms with Crippen molar-refractivity contribution in [3.8, 4) is 0 Å². The molecule has 1 heterocycles. The Morgan fingerprint density at radius 3 is 2.24 bits per heavy atom. The number of nitrogens with zero attached hydrogens (tertiary/aromatic N) is 1. The molecule has 0 aliphatic heterocycles. The largest absolute Gasteiger partial charge is 0.481 e. The van der Waals surface area contributed by atoms with Crippen molar-refractivity contribution in [3.63, 3.8) is 0 Å². The minimum Gasteiger partial charge on any atom is -0.481 e. The number of carbonyl (C=O) groups is 2. The lowest BCUT2D eigenvalue weighted by Gasteiger charge is -2.08. The highest BCUT2D eigenvalue weighted by Gasteiger charge is 2.13. The number of aromatic nitrogens is 1. The summed E-state index contributed by atoms with van der Waals surface area (Å²) in [4.78, 5) is 21.6. The number of carboxylic acid groups (broad SMARTS) is 1. The summed E-state index contributed by atoms with van der Waals surface area (Å²) >= 11 is 0. The predicted molar refractivity (Wildman–Crippen MR) is 103 cm³/mol.